The van der Waals surface area contributed by atoms with Gasteiger partial charge in [-0.15, -0.1) is 0 Å². The molecule has 0 bridgehead atoms. The average Bonchev–Trinajstić information content (AvgIpc) is 3.01. The number of ether oxygens (including phenoxy) is 3. The predicted molar refractivity (Wildman–Crippen MR) is 77.6 cm³/mol. The summed E-state index contributed by atoms with van der Waals surface area (Å²) >= 11 is 0. The molecule has 6 heteroatoms. The van der Waals surface area contributed by atoms with E-state index in [1.165, 1.54) is 7.11 Å². The fourth-order valence-electron chi connectivity index (χ4n) is 3.35. The lowest BCUT2D eigenvalue weighted by molar-refractivity contribution is -0.166. The Kier molecular flexibility index (Phi) is 4.21. The lowest BCUT2D eigenvalue weighted by atomic mass is 9.74. The number of hydrogen-bond acceptors (Lipinski definition) is 4. The summed E-state index contributed by atoms with van der Waals surface area (Å²) in [5.41, 5.74) is 0.886. The lowest BCUT2D eigenvalue weighted by Gasteiger charge is -2.38. The van der Waals surface area contributed by atoms with E-state index in [1.807, 2.05) is 6.92 Å². The molecule has 2 aliphatic rings. The Hall–Kier alpha value is -1.79. The summed E-state index contributed by atoms with van der Waals surface area (Å²) in [7, 11) is 1.27. The quantitative estimate of drug-likeness (QED) is 0.620. The van der Waals surface area contributed by atoms with E-state index < -0.39 is 35.2 Å². The van der Waals surface area contributed by atoms with Gasteiger partial charge in [-0.1, -0.05) is 6.08 Å². The number of halogens is 2. The van der Waals surface area contributed by atoms with Gasteiger partial charge in [0, 0.05) is 12.3 Å². The molecule has 0 N–H and O–H groups in total. The molecule has 1 aromatic rings. The van der Waals surface area contributed by atoms with E-state index in [0.717, 1.165) is 23.8 Å². The molecule has 0 saturated carbocycles. The SMILES string of the molecule is COC(=O)[C@H]1CC2(OCCO2)C(C)=C[C@@H]1c1cc(F)ccc1F. The van der Waals surface area contributed by atoms with Gasteiger partial charge >= 0.3 is 5.97 Å². The number of carbonyl (C=O) groups is 1. The van der Waals surface area contributed by atoms with Gasteiger partial charge < -0.3 is 14.2 Å². The summed E-state index contributed by atoms with van der Waals surface area (Å²) in [5.74, 6) is -3.92. The molecule has 3 rings (SSSR count). The van der Waals surface area contributed by atoms with Crippen LogP contribution in [0.3, 0.4) is 0 Å². The molecule has 1 fully saturated rings. The molecule has 0 amide bonds. The molecule has 0 radical (unpaired) electrons. The molecule has 124 valence electrons. The van der Waals surface area contributed by atoms with Crippen LogP contribution in [-0.4, -0.2) is 32.1 Å². The second kappa shape index (κ2) is 6.02. The highest BCUT2D eigenvalue weighted by atomic mass is 19.1. The van der Waals surface area contributed by atoms with Gasteiger partial charge in [-0.25, -0.2) is 8.78 Å². The van der Waals surface area contributed by atoms with Crippen LogP contribution in [0.25, 0.3) is 0 Å². The molecule has 1 spiro atoms. The van der Waals surface area contributed by atoms with Crippen LogP contribution in [0.5, 0.6) is 0 Å². The third-order valence-electron chi connectivity index (χ3n) is 4.53. The van der Waals surface area contributed by atoms with Crippen LogP contribution in [0.1, 0.15) is 24.8 Å². The van der Waals surface area contributed by atoms with Crippen LogP contribution >= 0.6 is 0 Å². The molecule has 1 aliphatic heterocycles. The standard InChI is InChI=1S/C17H18F2O4/c1-10-7-12(13-8-11(18)3-4-15(13)19)14(16(20)21-2)9-17(10)22-5-6-23-17/h3-4,7-8,12,14H,5-6,9H2,1-2H3/t12-,14+/m1/s1. The van der Waals surface area contributed by atoms with Crippen LogP contribution in [0, 0.1) is 17.6 Å². The van der Waals surface area contributed by atoms with E-state index >= 15 is 0 Å². The maximum atomic E-state index is 14.2. The summed E-state index contributed by atoms with van der Waals surface area (Å²) in [4.78, 5) is 12.2. The first-order chi connectivity index (χ1) is 11.0. The number of esters is 1. The zero-order chi connectivity index (χ0) is 16.6. The number of allylic oxidation sites excluding steroid dienone is 1. The fraction of sp³-hybridized carbons (Fsp3) is 0.471. The topological polar surface area (TPSA) is 44.8 Å². The van der Waals surface area contributed by atoms with Crippen molar-refractivity contribution in [3.05, 3.63) is 47.0 Å². The van der Waals surface area contributed by atoms with Gasteiger partial charge in [0.15, 0.2) is 5.79 Å². The summed E-state index contributed by atoms with van der Waals surface area (Å²) < 4.78 is 44.0. The molecular weight excluding hydrogens is 306 g/mol. The van der Waals surface area contributed by atoms with Crippen molar-refractivity contribution in [2.24, 2.45) is 5.92 Å². The van der Waals surface area contributed by atoms with E-state index in [-0.39, 0.29) is 12.0 Å². The zero-order valence-electron chi connectivity index (χ0n) is 13.0. The first-order valence-electron chi connectivity index (χ1n) is 7.46. The smallest absolute Gasteiger partial charge is 0.309 e. The minimum absolute atomic E-state index is 0.132. The molecule has 0 aromatic heterocycles. The number of methoxy groups -OCH3 is 1. The molecule has 4 nitrogen and oxygen atoms in total. The van der Waals surface area contributed by atoms with Crippen molar-refractivity contribution in [2.45, 2.75) is 25.0 Å². The maximum absolute atomic E-state index is 14.2. The first-order valence-corrected chi connectivity index (χ1v) is 7.46. The van der Waals surface area contributed by atoms with E-state index in [2.05, 4.69) is 0 Å². The monoisotopic (exact) mass is 324 g/mol. The number of benzene rings is 1. The Labute approximate surface area is 133 Å². The molecule has 23 heavy (non-hydrogen) atoms. The number of carbonyl (C=O) groups excluding carboxylic acids is 1. The highest BCUT2D eigenvalue weighted by molar-refractivity contribution is 5.75. The minimum atomic E-state index is -0.973. The van der Waals surface area contributed by atoms with Crippen LogP contribution in [0.4, 0.5) is 8.78 Å². The summed E-state index contributed by atoms with van der Waals surface area (Å²) in [6, 6.07) is 3.24. The van der Waals surface area contributed by atoms with E-state index in [0.29, 0.717) is 13.2 Å². The van der Waals surface area contributed by atoms with Gasteiger partial charge in [-0.05, 0) is 36.3 Å². The summed E-state index contributed by atoms with van der Waals surface area (Å²) in [5, 5.41) is 0. The van der Waals surface area contributed by atoms with Gasteiger partial charge in [-0.2, -0.15) is 0 Å². The van der Waals surface area contributed by atoms with Crippen molar-refractivity contribution < 1.29 is 27.8 Å². The third-order valence-corrected chi connectivity index (χ3v) is 4.53. The predicted octanol–water partition coefficient (Wildman–Crippen LogP) is 2.93. The zero-order valence-corrected chi connectivity index (χ0v) is 13.0. The van der Waals surface area contributed by atoms with Gasteiger partial charge in [0.2, 0.25) is 0 Å². The minimum Gasteiger partial charge on any atom is -0.469 e. The molecule has 0 unspecified atom stereocenters. The molecule has 1 aliphatic carbocycles. The fourth-order valence-corrected chi connectivity index (χ4v) is 3.35. The van der Waals surface area contributed by atoms with Gasteiger partial charge in [0.1, 0.15) is 11.6 Å². The van der Waals surface area contributed by atoms with Gasteiger partial charge in [0.25, 0.3) is 0 Å². The Bertz CT molecular complexity index is 650. The molecule has 1 heterocycles. The second-order valence-electron chi connectivity index (χ2n) is 5.82. The van der Waals surface area contributed by atoms with Crippen molar-refractivity contribution in [3.63, 3.8) is 0 Å². The Morgan fingerprint density at radius 1 is 1.30 bits per heavy atom. The van der Waals surface area contributed by atoms with Crippen molar-refractivity contribution in [1.82, 2.24) is 0 Å². The normalized spacial score (nSPS) is 26.2. The Morgan fingerprint density at radius 2 is 2.00 bits per heavy atom. The van der Waals surface area contributed by atoms with Crippen LogP contribution < -0.4 is 0 Å². The highest BCUT2D eigenvalue weighted by Crippen LogP contribution is 2.46. The summed E-state index contributed by atoms with van der Waals surface area (Å²) in [6.07, 6.45) is 1.93. The van der Waals surface area contributed by atoms with Crippen LogP contribution in [0.2, 0.25) is 0 Å². The van der Waals surface area contributed by atoms with Crippen LogP contribution in [-0.2, 0) is 19.0 Å². The van der Waals surface area contributed by atoms with E-state index in [9.17, 15) is 13.6 Å². The van der Waals surface area contributed by atoms with Crippen LogP contribution in [0.15, 0.2) is 29.8 Å². The number of rotatable bonds is 2. The highest BCUT2D eigenvalue weighted by Gasteiger charge is 2.49. The van der Waals surface area contributed by atoms with Gasteiger partial charge in [0.05, 0.1) is 26.2 Å². The molecule has 1 aromatic carbocycles. The third kappa shape index (κ3) is 2.77. The summed E-state index contributed by atoms with van der Waals surface area (Å²) in [6.45, 7) is 2.67. The Morgan fingerprint density at radius 3 is 2.65 bits per heavy atom. The maximum Gasteiger partial charge on any atom is 0.309 e. The molecule has 2 atom stereocenters. The van der Waals surface area contributed by atoms with Crippen molar-refractivity contribution in [3.8, 4) is 0 Å². The van der Waals surface area contributed by atoms with Crippen molar-refractivity contribution in [1.29, 1.82) is 0 Å². The Balaban J connectivity index is 2.07. The number of hydrogen-bond donors (Lipinski definition) is 0. The average molecular weight is 324 g/mol. The van der Waals surface area contributed by atoms with Crippen molar-refractivity contribution in [2.75, 3.05) is 20.3 Å². The molecule has 1 saturated heterocycles. The van der Waals surface area contributed by atoms with Gasteiger partial charge in [-0.3, -0.25) is 4.79 Å². The first kappa shape index (κ1) is 16.1. The molecular formula is C17H18F2O4. The van der Waals surface area contributed by atoms with E-state index in [4.69, 9.17) is 14.2 Å². The largest absolute Gasteiger partial charge is 0.469 e. The lowest BCUT2D eigenvalue weighted by Crippen LogP contribution is -2.42. The van der Waals surface area contributed by atoms with E-state index in [1.54, 1.807) is 6.08 Å². The second-order valence-corrected chi connectivity index (χ2v) is 5.82. The van der Waals surface area contributed by atoms with Crippen molar-refractivity contribution >= 4 is 5.97 Å².